The van der Waals surface area contributed by atoms with E-state index in [-0.39, 0.29) is 39.1 Å². The maximum atomic E-state index is 14.0. The molecule has 1 aliphatic carbocycles. The Labute approximate surface area is 151 Å². The topological polar surface area (TPSA) is 102 Å². The molecule has 1 heterocycles. The number of carbonyl (C=O) groups is 2. The summed E-state index contributed by atoms with van der Waals surface area (Å²) in [6, 6.07) is 2.26. The standard InChI is InChI=1S/C17H16FNO6S/c1-23-15-10(18)7-6-9(16(15)26(3)22)13(20)11-12(17(21)24-2)19-25-14(11)8-4-5-8/h6-8H,4-5H2,1-3H3. The summed E-state index contributed by atoms with van der Waals surface area (Å²) in [4.78, 5) is 25.1. The number of hydrogen-bond acceptors (Lipinski definition) is 7. The number of rotatable bonds is 6. The van der Waals surface area contributed by atoms with E-state index in [1.807, 2.05) is 0 Å². The number of aromatic nitrogens is 1. The average Bonchev–Trinajstić information content (AvgIpc) is 3.38. The van der Waals surface area contributed by atoms with Gasteiger partial charge < -0.3 is 18.5 Å². The Morgan fingerprint density at radius 1 is 1.35 bits per heavy atom. The molecule has 1 fully saturated rings. The summed E-state index contributed by atoms with van der Waals surface area (Å²) < 4.78 is 41.0. The molecule has 2 aromatic rings. The van der Waals surface area contributed by atoms with E-state index in [1.54, 1.807) is 0 Å². The molecule has 1 saturated carbocycles. The normalized spacial score (nSPS) is 14.8. The zero-order valence-electron chi connectivity index (χ0n) is 14.3. The molecule has 1 aliphatic rings. The van der Waals surface area contributed by atoms with E-state index in [1.165, 1.54) is 19.4 Å². The van der Waals surface area contributed by atoms with Crippen LogP contribution in [0, 0.1) is 5.82 Å². The van der Waals surface area contributed by atoms with Gasteiger partial charge in [-0.2, -0.15) is 0 Å². The van der Waals surface area contributed by atoms with Crippen molar-refractivity contribution in [2.75, 3.05) is 20.5 Å². The van der Waals surface area contributed by atoms with Gasteiger partial charge in [-0.3, -0.25) is 4.79 Å². The number of halogens is 1. The predicted molar refractivity (Wildman–Crippen MR) is 88.5 cm³/mol. The first-order valence-electron chi connectivity index (χ1n) is 7.73. The number of ether oxygens (including phenoxy) is 2. The van der Waals surface area contributed by atoms with Crippen LogP contribution >= 0.6 is 0 Å². The van der Waals surface area contributed by atoms with Crippen LogP contribution in [0.2, 0.25) is 0 Å². The molecule has 0 saturated heterocycles. The number of nitrogens with zero attached hydrogens (tertiary/aromatic N) is 1. The smallest absolute Gasteiger partial charge is 0.361 e. The van der Waals surface area contributed by atoms with E-state index in [0.717, 1.165) is 26.0 Å². The summed E-state index contributed by atoms with van der Waals surface area (Å²) in [7, 11) is 2.38. The summed E-state index contributed by atoms with van der Waals surface area (Å²) >= 11 is -1.72. The molecule has 1 atom stereocenters. The minimum Gasteiger partial charge on any atom is -0.612 e. The first-order chi connectivity index (χ1) is 12.4. The highest BCUT2D eigenvalue weighted by atomic mass is 32.2. The Balaban J connectivity index is 2.19. The Bertz CT molecular complexity index is 874. The second-order valence-corrected chi connectivity index (χ2v) is 7.09. The maximum Gasteiger partial charge on any atom is 0.361 e. The second-order valence-electron chi connectivity index (χ2n) is 5.78. The van der Waals surface area contributed by atoms with Gasteiger partial charge in [0.1, 0.15) is 11.8 Å². The zero-order chi connectivity index (χ0) is 19.0. The average molecular weight is 381 g/mol. The summed E-state index contributed by atoms with van der Waals surface area (Å²) in [5.41, 5.74) is -0.338. The van der Waals surface area contributed by atoms with Gasteiger partial charge in [0.2, 0.25) is 22.1 Å². The van der Waals surface area contributed by atoms with Gasteiger partial charge in [0.05, 0.1) is 19.8 Å². The van der Waals surface area contributed by atoms with E-state index in [9.17, 15) is 18.5 Å². The molecule has 0 amide bonds. The maximum absolute atomic E-state index is 14.0. The van der Waals surface area contributed by atoms with Gasteiger partial charge in [0.25, 0.3) is 0 Å². The van der Waals surface area contributed by atoms with Crippen LogP contribution in [0.3, 0.4) is 0 Å². The van der Waals surface area contributed by atoms with Gasteiger partial charge in [-0.1, -0.05) is 5.16 Å². The summed E-state index contributed by atoms with van der Waals surface area (Å²) in [5, 5.41) is 3.68. The van der Waals surface area contributed by atoms with Crippen LogP contribution in [0.25, 0.3) is 0 Å². The lowest BCUT2D eigenvalue weighted by atomic mass is 9.99. The van der Waals surface area contributed by atoms with Gasteiger partial charge in [-0.05, 0) is 36.2 Å². The van der Waals surface area contributed by atoms with Gasteiger partial charge in [-0.25, -0.2) is 9.18 Å². The lowest BCUT2D eigenvalue weighted by molar-refractivity contribution is 0.0586. The van der Waals surface area contributed by atoms with Crippen LogP contribution in [-0.2, 0) is 15.9 Å². The van der Waals surface area contributed by atoms with Crippen molar-refractivity contribution >= 4 is 22.9 Å². The van der Waals surface area contributed by atoms with Crippen molar-refractivity contribution in [3.63, 3.8) is 0 Å². The van der Waals surface area contributed by atoms with Gasteiger partial charge in [0.15, 0.2) is 11.6 Å². The third-order valence-corrected chi connectivity index (χ3v) is 5.05. The monoisotopic (exact) mass is 381 g/mol. The summed E-state index contributed by atoms with van der Waals surface area (Å²) in [5.74, 6) is -2.21. The fraction of sp³-hybridized carbons (Fsp3) is 0.353. The van der Waals surface area contributed by atoms with Gasteiger partial charge in [-0.15, -0.1) is 0 Å². The lowest BCUT2D eigenvalue weighted by Gasteiger charge is -2.14. The van der Waals surface area contributed by atoms with Crippen molar-refractivity contribution in [3.05, 3.63) is 40.5 Å². The van der Waals surface area contributed by atoms with Crippen molar-refractivity contribution in [3.8, 4) is 5.75 Å². The molecule has 1 aromatic heterocycles. The van der Waals surface area contributed by atoms with Crippen LogP contribution in [-0.4, -0.2) is 41.9 Å². The van der Waals surface area contributed by atoms with Crippen molar-refractivity contribution in [1.82, 2.24) is 5.16 Å². The highest BCUT2D eigenvalue weighted by Gasteiger charge is 2.39. The number of esters is 1. The fourth-order valence-electron chi connectivity index (χ4n) is 2.71. The highest BCUT2D eigenvalue weighted by Crippen LogP contribution is 2.43. The first kappa shape index (κ1) is 18.4. The SMILES string of the molecule is COC(=O)c1noc(C2CC2)c1C(=O)c1ccc(F)c(OC)c1[S+](C)[O-]. The molecule has 3 rings (SSSR count). The third kappa shape index (κ3) is 3.08. The van der Waals surface area contributed by atoms with Crippen molar-refractivity contribution in [1.29, 1.82) is 0 Å². The molecule has 138 valence electrons. The summed E-state index contributed by atoms with van der Waals surface area (Å²) in [6.07, 6.45) is 2.91. The van der Waals surface area contributed by atoms with Crippen LogP contribution in [0.5, 0.6) is 5.75 Å². The van der Waals surface area contributed by atoms with Crippen molar-refractivity contribution in [2.24, 2.45) is 0 Å². The van der Waals surface area contributed by atoms with Crippen LogP contribution < -0.4 is 4.74 Å². The number of benzene rings is 1. The van der Waals surface area contributed by atoms with Gasteiger partial charge >= 0.3 is 5.97 Å². The Kier molecular flexibility index (Phi) is 5.01. The molecule has 0 bridgehead atoms. The van der Waals surface area contributed by atoms with E-state index in [4.69, 9.17) is 9.26 Å². The minimum atomic E-state index is -1.72. The first-order valence-corrected chi connectivity index (χ1v) is 9.29. The highest BCUT2D eigenvalue weighted by molar-refractivity contribution is 7.90. The Morgan fingerprint density at radius 2 is 2.04 bits per heavy atom. The number of carbonyl (C=O) groups excluding carboxylic acids is 2. The second kappa shape index (κ2) is 7.08. The molecule has 1 unspecified atom stereocenters. The zero-order valence-corrected chi connectivity index (χ0v) is 15.1. The third-order valence-electron chi connectivity index (χ3n) is 4.07. The van der Waals surface area contributed by atoms with Crippen molar-refractivity contribution < 1.29 is 32.5 Å². The molecule has 0 spiro atoms. The molecular formula is C17H16FNO6S. The van der Waals surface area contributed by atoms with E-state index >= 15 is 0 Å². The largest absolute Gasteiger partial charge is 0.612 e. The molecule has 0 aliphatic heterocycles. The van der Waals surface area contributed by atoms with E-state index in [0.29, 0.717) is 0 Å². The molecule has 0 N–H and O–H groups in total. The van der Waals surface area contributed by atoms with Crippen molar-refractivity contribution in [2.45, 2.75) is 23.7 Å². The molecule has 26 heavy (non-hydrogen) atoms. The molecular weight excluding hydrogens is 365 g/mol. The van der Waals surface area contributed by atoms with Gasteiger partial charge in [0, 0.05) is 5.92 Å². The minimum absolute atomic E-state index is 0.0159. The number of ketones is 1. The van der Waals surface area contributed by atoms with E-state index < -0.39 is 28.7 Å². The molecule has 0 radical (unpaired) electrons. The molecule has 9 heteroatoms. The van der Waals surface area contributed by atoms with E-state index in [2.05, 4.69) is 9.89 Å². The number of hydrogen-bond donors (Lipinski definition) is 0. The summed E-state index contributed by atoms with van der Waals surface area (Å²) in [6.45, 7) is 0. The Morgan fingerprint density at radius 3 is 2.58 bits per heavy atom. The number of methoxy groups -OCH3 is 2. The molecule has 1 aromatic carbocycles. The lowest BCUT2D eigenvalue weighted by Crippen LogP contribution is -2.16. The fourth-order valence-corrected chi connectivity index (χ4v) is 3.62. The Hall–Kier alpha value is -2.39. The molecule has 7 nitrogen and oxygen atoms in total. The predicted octanol–water partition coefficient (Wildman–Crippen LogP) is 2.45. The van der Waals surface area contributed by atoms with Crippen LogP contribution in [0.1, 0.15) is 50.9 Å². The van der Waals surface area contributed by atoms with Crippen LogP contribution in [0.15, 0.2) is 21.6 Å². The quantitative estimate of drug-likeness (QED) is 0.430. The van der Waals surface area contributed by atoms with Crippen LogP contribution in [0.4, 0.5) is 4.39 Å².